The standard InChI is InChI=1S/C17H33N3O2/c1-14-12-19(10-11-20(14)13-15(2)21)9-8-17(22)18-16-6-4-3-5-7-16/h14-16,21H,3-13H2,1-2H3,(H,18,22). The number of hydrogen-bond donors (Lipinski definition) is 2. The lowest BCUT2D eigenvalue weighted by Crippen LogP contribution is -2.53. The van der Waals surface area contributed by atoms with Gasteiger partial charge in [-0.05, 0) is 26.7 Å². The maximum absolute atomic E-state index is 12.1. The van der Waals surface area contributed by atoms with Gasteiger partial charge in [-0.25, -0.2) is 0 Å². The third-order valence-corrected chi connectivity index (χ3v) is 4.97. The number of rotatable bonds is 6. The van der Waals surface area contributed by atoms with Gasteiger partial charge in [-0.2, -0.15) is 0 Å². The van der Waals surface area contributed by atoms with Crippen LogP contribution in [0, 0.1) is 0 Å². The van der Waals surface area contributed by atoms with Gasteiger partial charge in [0.2, 0.25) is 5.91 Å². The van der Waals surface area contributed by atoms with Crippen LogP contribution in [0.25, 0.3) is 0 Å². The van der Waals surface area contributed by atoms with E-state index in [-0.39, 0.29) is 12.0 Å². The largest absolute Gasteiger partial charge is 0.392 e. The van der Waals surface area contributed by atoms with E-state index in [9.17, 15) is 9.90 Å². The first-order chi connectivity index (χ1) is 10.5. The number of amides is 1. The van der Waals surface area contributed by atoms with Crippen molar-refractivity contribution in [3.8, 4) is 0 Å². The third kappa shape index (κ3) is 5.86. The molecule has 2 fully saturated rings. The smallest absolute Gasteiger partial charge is 0.221 e. The molecule has 2 unspecified atom stereocenters. The first kappa shape index (κ1) is 17.7. The van der Waals surface area contributed by atoms with E-state index in [1.54, 1.807) is 0 Å². The van der Waals surface area contributed by atoms with Gasteiger partial charge in [-0.3, -0.25) is 9.69 Å². The number of nitrogens with one attached hydrogen (secondary N) is 1. The molecule has 0 radical (unpaired) electrons. The average Bonchev–Trinajstić information content (AvgIpc) is 2.48. The molecule has 0 spiro atoms. The molecule has 2 rings (SSSR count). The van der Waals surface area contributed by atoms with Crippen LogP contribution in [-0.4, -0.2) is 71.7 Å². The highest BCUT2D eigenvalue weighted by Crippen LogP contribution is 2.17. The van der Waals surface area contributed by atoms with Gasteiger partial charge in [0.1, 0.15) is 0 Å². The van der Waals surface area contributed by atoms with Crippen molar-refractivity contribution >= 4 is 5.91 Å². The molecular formula is C17H33N3O2. The van der Waals surface area contributed by atoms with Gasteiger partial charge < -0.3 is 15.3 Å². The second kappa shape index (κ2) is 8.85. The molecule has 1 heterocycles. The van der Waals surface area contributed by atoms with Crippen molar-refractivity contribution in [1.82, 2.24) is 15.1 Å². The number of hydrogen-bond acceptors (Lipinski definition) is 4. The molecular weight excluding hydrogens is 278 g/mol. The Hall–Kier alpha value is -0.650. The van der Waals surface area contributed by atoms with Crippen LogP contribution in [0.2, 0.25) is 0 Å². The van der Waals surface area contributed by atoms with E-state index in [1.807, 2.05) is 6.92 Å². The lowest BCUT2D eigenvalue weighted by atomic mass is 9.95. The van der Waals surface area contributed by atoms with Crippen molar-refractivity contribution in [2.24, 2.45) is 0 Å². The summed E-state index contributed by atoms with van der Waals surface area (Å²) in [5.41, 5.74) is 0. The zero-order chi connectivity index (χ0) is 15.9. The second-order valence-corrected chi connectivity index (χ2v) is 7.15. The van der Waals surface area contributed by atoms with Gasteiger partial charge in [0, 0.05) is 51.2 Å². The van der Waals surface area contributed by atoms with E-state index < -0.39 is 0 Å². The molecule has 128 valence electrons. The zero-order valence-corrected chi connectivity index (χ0v) is 14.3. The fourth-order valence-electron chi connectivity index (χ4n) is 3.69. The lowest BCUT2D eigenvalue weighted by molar-refractivity contribution is -0.122. The molecule has 2 aliphatic rings. The van der Waals surface area contributed by atoms with E-state index in [1.165, 1.54) is 19.3 Å². The summed E-state index contributed by atoms with van der Waals surface area (Å²) >= 11 is 0. The maximum atomic E-state index is 12.1. The number of aliphatic hydroxyl groups is 1. The quantitative estimate of drug-likeness (QED) is 0.774. The molecule has 5 heteroatoms. The summed E-state index contributed by atoms with van der Waals surface area (Å²) in [6, 6.07) is 0.868. The Labute approximate surface area is 135 Å². The number of carbonyl (C=O) groups is 1. The summed E-state index contributed by atoms with van der Waals surface area (Å²) in [7, 11) is 0. The number of piperazine rings is 1. The predicted octanol–water partition coefficient (Wildman–Crippen LogP) is 1.21. The van der Waals surface area contributed by atoms with Gasteiger partial charge in [-0.15, -0.1) is 0 Å². The van der Waals surface area contributed by atoms with Crippen LogP contribution >= 0.6 is 0 Å². The molecule has 2 atom stereocenters. The molecule has 1 aliphatic heterocycles. The minimum Gasteiger partial charge on any atom is -0.392 e. The van der Waals surface area contributed by atoms with Crippen molar-refractivity contribution in [3.05, 3.63) is 0 Å². The third-order valence-electron chi connectivity index (χ3n) is 4.97. The van der Waals surface area contributed by atoms with E-state index >= 15 is 0 Å². The molecule has 0 bridgehead atoms. The Morgan fingerprint density at radius 3 is 2.64 bits per heavy atom. The van der Waals surface area contributed by atoms with Crippen LogP contribution in [-0.2, 0) is 4.79 Å². The molecule has 22 heavy (non-hydrogen) atoms. The van der Waals surface area contributed by atoms with Gasteiger partial charge in [-0.1, -0.05) is 19.3 Å². The van der Waals surface area contributed by atoms with Crippen LogP contribution in [0.5, 0.6) is 0 Å². The zero-order valence-electron chi connectivity index (χ0n) is 14.3. The minimum atomic E-state index is -0.268. The predicted molar refractivity (Wildman–Crippen MR) is 88.8 cm³/mol. The van der Waals surface area contributed by atoms with Gasteiger partial charge in [0.15, 0.2) is 0 Å². The summed E-state index contributed by atoms with van der Waals surface area (Å²) in [5, 5.41) is 12.7. The summed E-state index contributed by atoms with van der Waals surface area (Å²) in [5.74, 6) is 0.214. The Balaban J connectivity index is 1.64. The van der Waals surface area contributed by atoms with Crippen LogP contribution in [0.3, 0.4) is 0 Å². The van der Waals surface area contributed by atoms with Gasteiger partial charge in [0.05, 0.1) is 6.10 Å². The molecule has 0 aromatic carbocycles. The molecule has 1 amide bonds. The fraction of sp³-hybridized carbons (Fsp3) is 0.941. The van der Waals surface area contributed by atoms with Crippen molar-refractivity contribution in [2.75, 3.05) is 32.7 Å². The Kier molecular flexibility index (Phi) is 7.12. The van der Waals surface area contributed by atoms with E-state index in [4.69, 9.17) is 0 Å². The van der Waals surface area contributed by atoms with E-state index in [2.05, 4.69) is 22.0 Å². The maximum Gasteiger partial charge on any atom is 0.221 e. The van der Waals surface area contributed by atoms with E-state index in [0.29, 0.717) is 18.5 Å². The van der Waals surface area contributed by atoms with E-state index in [0.717, 1.165) is 45.6 Å². The minimum absolute atomic E-state index is 0.214. The summed E-state index contributed by atoms with van der Waals surface area (Å²) < 4.78 is 0. The average molecular weight is 311 g/mol. The molecule has 1 saturated heterocycles. The van der Waals surface area contributed by atoms with Gasteiger partial charge in [0.25, 0.3) is 0 Å². The van der Waals surface area contributed by atoms with Crippen LogP contribution in [0.4, 0.5) is 0 Å². The molecule has 1 saturated carbocycles. The molecule has 2 N–H and O–H groups in total. The normalized spacial score (nSPS) is 26.8. The van der Waals surface area contributed by atoms with Crippen LogP contribution < -0.4 is 5.32 Å². The van der Waals surface area contributed by atoms with Crippen LogP contribution in [0.15, 0.2) is 0 Å². The van der Waals surface area contributed by atoms with Crippen molar-refractivity contribution in [1.29, 1.82) is 0 Å². The summed E-state index contributed by atoms with van der Waals surface area (Å²) in [4.78, 5) is 16.8. The van der Waals surface area contributed by atoms with Crippen molar-refractivity contribution in [3.63, 3.8) is 0 Å². The fourth-order valence-corrected chi connectivity index (χ4v) is 3.69. The topological polar surface area (TPSA) is 55.8 Å². The molecule has 1 aliphatic carbocycles. The molecule has 0 aromatic heterocycles. The highest BCUT2D eigenvalue weighted by atomic mass is 16.3. The van der Waals surface area contributed by atoms with Crippen LogP contribution in [0.1, 0.15) is 52.4 Å². The Bertz CT molecular complexity index is 343. The molecule has 5 nitrogen and oxygen atoms in total. The monoisotopic (exact) mass is 311 g/mol. The Morgan fingerprint density at radius 1 is 1.27 bits per heavy atom. The summed E-state index contributed by atoms with van der Waals surface area (Å²) in [6.45, 7) is 8.61. The summed E-state index contributed by atoms with van der Waals surface area (Å²) in [6.07, 6.45) is 6.49. The first-order valence-corrected chi connectivity index (χ1v) is 8.98. The lowest BCUT2D eigenvalue weighted by Gasteiger charge is -2.40. The van der Waals surface area contributed by atoms with Crippen molar-refractivity contribution < 1.29 is 9.90 Å². The molecule has 0 aromatic rings. The Morgan fingerprint density at radius 2 is 2.00 bits per heavy atom. The van der Waals surface area contributed by atoms with Gasteiger partial charge >= 0.3 is 0 Å². The van der Waals surface area contributed by atoms with Crippen molar-refractivity contribution in [2.45, 2.75) is 70.6 Å². The first-order valence-electron chi connectivity index (χ1n) is 8.98. The highest BCUT2D eigenvalue weighted by Gasteiger charge is 2.24. The second-order valence-electron chi connectivity index (χ2n) is 7.15. The highest BCUT2D eigenvalue weighted by molar-refractivity contribution is 5.76. The SMILES string of the molecule is CC(O)CN1CCN(CCC(=O)NC2CCCCC2)CC1C. The number of carbonyl (C=O) groups excluding carboxylic acids is 1. The number of β-amino-alcohol motifs (C(OH)–C–C–N with tert-alkyl or cyclic N) is 1. The number of aliphatic hydroxyl groups excluding tert-OH is 1. The number of nitrogens with zero attached hydrogens (tertiary/aromatic N) is 2.